The third kappa shape index (κ3) is 6.77. The van der Waals surface area contributed by atoms with Crippen molar-refractivity contribution in [2.45, 2.75) is 72.2 Å². The number of fused-ring (bicyclic) bond motifs is 1. The van der Waals surface area contributed by atoms with E-state index in [9.17, 15) is 14.4 Å². The molecule has 1 N–H and O–H groups in total. The third-order valence-electron chi connectivity index (χ3n) is 7.57. The molecule has 4 aromatic rings. The topological polar surface area (TPSA) is 116 Å². The number of hydrogen-bond acceptors (Lipinski definition) is 7. The van der Waals surface area contributed by atoms with E-state index in [1.807, 2.05) is 87.7 Å². The highest BCUT2D eigenvalue weighted by atomic mass is 16.6. The maximum atomic E-state index is 14.0. The number of aromatic nitrogens is 5. The third-order valence-corrected chi connectivity index (χ3v) is 7.57. The second-order valence-corrected chi connectivity index (χ2v) is 12.5. The fourth-order valence-electron chi connectivity index (χ4n) is 5.42. The summed E-state index contributed by atoms with van der Waals surface area (Å²) in [4.78, 5) is 51.5. The van der Waals surface area contributed by atoms with Gasteiger partial charge in [0, 0.05) is 44.5 Å². The lowest BCUT2D eigenvalue weighted by molar-refractivity contribution is 0.0499. The first-order valence-corrected chi connectivity index (χ1v) is 15.0. The van der Waals surface area contributed by atoms with Gasteiger partial charge in [0.1, 0.15) is 5.60 Å². The van der Waals surface area contributed by atoms with Crippen LogP contribution in [0.5, 0.6) is 0 Å². The Balaban J connectivity index is 1.51. The number of anilines is 1. The standard InChI is InChI=1S/C33H41N7O4/c1-22(2)16-18-39-27-28(36-30(39)38-17-10-13-26(20-38)35-31(42)44-33(3,4)5)37(6)32(43)40(29(27)41)21-25-15-14-24(19-34-25)23-11-8-7-9-12-23/h7-9,11-12,14-16,19,26H,10,13,17-18,20-21H2,1-6H3,(H,35,42). The van der Waals surface area contributed by atoms with Crippen LogP contribution < -0.4 is 21.5 Å². The smallest absolute Gasteiger partial charge is 0.407 e. The Morgan fingerprint density at radius 2 is 1.82 bits per heavy atom. The molecular weight excluding hydrogens is 558 g/mol. The number of hydrogen-bond donors (Lipinski definition) is 1. The average molecular weight is 600 g/mol. The lowest BCUT2D eigenvalue weighted by Crippen LogP contribution is -2.49. The van der Waals surface area contributed by atoms with Gasteiger partial charge in [0.15, 0.2) is 11.2 Å². The Labute approximate surface area is 256 Å². The minimum Gasteiger partial charge on any atom is -0.444 e. The first kappa shape index (κ1) is 30.8. The molecule has 1 amide bonds. The molecule has 0 bridgehead atoms. The van der Waals surface area contributed by atoms with Gasteiger partial charge in [-0.3, -0.25) is 18.9 Å². The SMILES string of the molecule is CC(C)=CCn1c(N2CCCC(NC(=O)OC(C)(C)C)C2)nc2c1c(=O)n(Cc1ccc(-c3ccccc3)cn1)c(=O)n2C. The van der Waals surface area contributed by atoms with Crippen molar-refractivity contribution in [2.24, 2.45) is 7.05 Å². The minimum absolute atomic E-state index is 0.0330. The van der Waals surface area contributed by atoms with Crippen LogP contribution in [0.25, 0.3) is 22.3 Å². The van der Waals surface area contributed by atoms with Gasteiger partial charge in [-0.1, -0.05) is 48.0 Å². The number of allylic oxidation sites excluding steroid dienone is 2. The molecule has 4 heterocycles. The molecule has 5 rings (SSSR count). The lowest BCUT2D eigenvalue weighted by atomic mass is 10.1. The van der Waals surface area contributed by atoms with Gasteiger partial charge in [-0.25, -0.2) is 9.59 Å². The molecule has 0 aliphatic carbocycles. The molecule has 0 radical (unpaired) electrons. The monoisotopic (exact) mass is 599 g/mol. The highest BCUT2D eigenvalue weighted by molar-refractivity contribution is 5.75. The molecule has 44 heavy (non-hydrogen) atoms. The number of imidazole rings is 1. The number of nitrogens with zero attached hydrogens (tertiary/aromatic N) is 6. The quantitative estimate of drug-likeness (QED) is 0.312. The lowest BCUT2D eigenvalue weighted by Gasteiger charge is -2.34. The van der Waals surface area contributed by atoms with Crippen molar-refractivity contribution in [3.63, 3.8) is 0 Å². The summed E-state index contributed by atoms with van der Waals surface area (Å²) in [6, 6.07) is 13.5. The number of pyridine rings is 1. The molecular formula is C33H41N7O4. The summed E-state index contributed by atoms with van der Waals surface area (Å²) >= 11 is 0. The van der Waals surface area contributed by atoms with Crippen LogP contribution >= 0.6 is 0 Å². The van der Waals surface area contributed by atoms with E-state index in [0.29, 0.717) is 42.4 Å². The average Bonchev–Trinajstić information content (AvgIpc) is 3.37. The molecule has 1 atom stereocenters. The number of carbonyl (C=O) groups excluding carboxylic acids is 1. The summed E-state index contributed by atoms with van der Waals surface area (Å²) < 4.78 is 10.00. The molecule has 0 saturated carbocycles. The molecule has 1 aromatic carbocycles. The van der Waals surface area contributed by atoms with Crippen molar-refractivity contribution in [2.75, 3.05) is 18.0 Å². The molecule has 0 spiro atoms. The fourth-order valence-corrected chi connectivity index (χ4v) is 5.42. The zero-order valence-electron chi connectivity index (χ0n) is 26.3. The van der Waals surface area contributed by atoms with Gasteiger partial charge < -0.3 is 19.5 Å². The van der Waals surface area contributed by atoms with Crippen LogP contribution in [0.15, 0.2) is 69.9 Å². The highest BCUT2D eigenvalue weighted by Gasteiger charge is 2.29. The summed E-state index contributed by atoms with van der Waals surface area (Å²) in [5.41, 5.74) is 2.89. The van der Waals surface area contributed by atoms with Gasteiger partial charge in [-0.05, 0) is 59.1 Å². The maximum Gasteiger partial charge on any atom is 0.407 e. The Morgan fingerprint density at radius 1 is 1.07 bits per heavy atom. The molecule has 1 aliphatic rings. The van der Waals surface area contributed by atoms with Crippen LogP contribution in [-0.4, -0.2) is 54.5 Å². The second-order valence-electron chi connectivity index (χ2n) is 12.5. The van der Waals surface area contributed by atoms with E-state index in [4.69, 9.17) is 9.72 Å². The zero-order valence-corrected chi connectivity index (χ0v) is 26.3. The number of carbonyl (C=O) groups is 1. The van der Waals surface area contributed by atoms with Gasteiger partial charge in [0.2, 0.25) is 5.95 Å². The number of nitrogens with one attached hydrogen (secondary N) is 1. The number of piperidine rings is 1. The molecule has 1 fully saturated rings. The number of ether oxygens (including phenoxy) is 1. The number of alkyl carbamates (subject to hydrolysis) is 1. The second kappa shape index (κ2) is 12.5. The number of rotatable bonds is 7. The van der Waals surface area contributed by atoms with Crippen molar-refractivity contribution >= 4 is 23.2 Å². The largest absolute Gasteiger partial charge is 0.444 e. The molecule has 1 aliphatic heterocycles. The number of aryl methyl sites for hydroxylation is 1. The first-order chi connectivity index (χ1) is 20.9. The van der Waals surface area contributed by atoms with Crippen LogP contribution in [0.4, 0.5) is 10.7 Å². The van der Waals surface area contributed by atoms with Crippen LogP contribution in [0.3, 0.4) is 0 Å². The number of benzene rings is 1. The van der Waals surface area contributed by atoms with Crippen molar-refractivity contribution < 1.29 is 9.53 Å². The van der Waals surface area contributed by atoms with E-state index in [1.165, 1.54) is 9.13 Å². The van der Waals surface area contributed by atoms with Crippen LogP contribution in [0, 0.1) is 0 Å². The predicted octanol–water partition coefficient (Wildman–Crippen LogP) is 4.47. The zero-order chi connectivity index (χ0) is 31.6. The summed E-state index contributed by atoms with van der Waals surface area (Å²) in [5.74, 6) is 0.586. The van der Waals surface area contributed by atoms with Crippen molar-refractivity contribution in [1.82, 2.24) is 29.0 Å². The van der Waals surface area contributed by atoms with Crippen LogP contribution in [-0.2, 0) is 24.9 Å². The molecule has 232 valence electrons. The summed E-state index contributed by atoms with van der Waals surface area (Å²) in [6.45, 7) is 11.1. The Bertz CT molecular complexity index is 1790. The summed E-state index contributed by atoms with van der Waals surface area (Å²) in [6.07, 6.45) is 4.95. The van der Waals surface area contributed by atoms with Crippen LogP contribution in [0.1, 0.15) is 53.2 Å². The summed E-state index contributed by atoms with van der Waals surface area (Å²) in [5, 5.41) is 2.98. The van der Waals surface area contributed by atoms with Gasteiger partial charge in [-0.2, -0.15) is 4.98 Å². The molecule has 1 unspecified atom stereocenters. The van der Waals surface area contributed by atoms with Gasteiger partial charge >= 0.3 is 11.8 Å². The molecule has 11 heteroatoms. The minimum atomic E-state index is -0.596. The fraction of sp³-hybridized carbons (Fsp3) is 0.424. The highest BCUT2D eigenvalue weighted by Crippen LogP contribution is 2.24. The molecule has 11 nitrogen and oxygen atoms in total. The van der Waals surface area contributed by atoms with E-state index < -0.39 is 22.9 Å². The van der Waals surface area contributed by atoms with E-state index >= 15 is 0 Å². The maximum absolute atomic E-state index is 14.0. The number of amides is 1. The van der Waals surface area contributed by atoms with Gasteiger partial charge in [0.25, 0.3) is 5.56 Å². The first-order valence-electron chi connectivity index (χ1n) is 15.0. The Hall–Kier alpha value is -4.67. The molecule has 3 aromatic heterocycles. The Kier molecular flexibility index (Phi) is 8.75. The van der Waals surface area contributed by atoms with E-state index in [-0.39, 0.29) is 12.6 Å². The predicted molar refractivity (Wildman–Crippen MR) is 172 cm³/mol. The van der Waals surface area contributed by atoms with Crippen molar-refractivity contribution in [1.29, 1.82) is 0 Å². The van der Waals surface area contributed by atoms with E-state index in [1.54, 1.807) is 13.2 Å². The molecule has 1 saturated heterocycles. The van der Waals surface area contributed by atoms with E-state index in [2.05, 4.69) is 15.2 Å². The van der Waals surface area contributed by atoms with Crippen LogP contribution in [0.2, 0.25) is 0 Å². The van der Waals surface area contributed by atoms with Crippen molar-refractivity contribution in [3.8, 4) is 11.1 Å². The Morgan fingerprint density at radius 3 is 2.48 bits per heavy atom. The van der Waals surface area contributed by atoms with Crippen molar-refractivity contribution in [3.05, 3.63) is 86.8 Å². The van der Waals surface area contributed by atoms with E-state index in [0.717, 1.165) is 29.5 Å². The summed E-state index contributed by atoms with van der Waals surface area (Å²) in [7, 11) is 1.64. The van der Waals surface area contributed by atoms with Gasteiger partial charge in [0.05, 0.1) is 12.2 Å². The van der Waals surface area contributed by atoms with Gasteiger partial charge in [-0.15, -0.1) is 0 Å². The normalized spacial score (nSPS) is 15.3.